The third kappa shape index (κ3) is 6.39. The van der Waals surface area contributed by atoms with Gasteiger partial charge in [-0.25, -0.2) is 18.0 Å². The van der Waals surface area contributed by atoms with Crippen LogP contribution >= 0.6 is 22.6 Å². The molecule has 0 atom stereocenters. The third-order valence-electron chi connectivity index (χ3n) is 7.22. The molecule has 2 aromatic carbocycles. The molecule has 200 valence electrons. The van der Waals surface area contributed by atoms with Crippen LogP contribution in [0.3, 0.4) is 0 Å². The number of aliphatic hydroxyl groups is 1. The van der Waals surface area contributed by atoms with Gasteiger partial charge in [0.25, 0.3) is 5.91 Å². The molecule has 0 aromatic heterocycles. The highest BCUT2D eigenvalue weighted by Crippen LogP contribution is 2.33. The van der Waals surface area contributed by atoms with Crippen molar-refractivity contribution in [2.45, 2.75) is 44.6 Å². The van der Waals surface area contributed by atoms with Crippen LogP contribution in [0, 0.1) is 26.9 Å². The Kier molecular flexibility index (Phi) is 8.67. The first-order valence-electron chi connectivity index (χ1n) is 12.4. The molecule has 0 radical (unpaired) electrons. The zero-order valence-electron chi connectivity index (χ0n) is 20.6. The number of likely N-dealkylation sites (tertiary alicyclic amines) is 2. The smallest absolute Gasteiger partial charge is 0.409 e. The van der Waals surface area contributed by atoms with Crippen LogP contribution in [0.1, 0.15) is 54.1 Å². The van der Waals surface area contributed by atoms with E-state index in [1.165, 1.54) is 23.1 Å². The Balaban J connectivity index is 1.35. The SMILES string of the molecule is CCOC(=O)N1CCC(CCC2(O)CN(C(=O)c3ccc(F)c(F)c3Cc3ccc(I)cc3F)C2)CC1. The van der Waals surface area contributed by atoms with Crippen LogP contribution in [0.15, 0.2) is 30.3 Å². The summed E-state index contributed by atoms with van der Waals surface area (Å²) in [6.07, 6.45) is 2.34. The number of rotatable bonds is 7. The molecule has 4 rings (SSSR count). The summed E-state index contributed by atoms with van der Waals surface area (Å²) in [6.45, 7) is 3.53. The minimum absolute atomic E-state index is 0.0368. The number of nitrogens with zero attached hydrogens (tertiary/aromatic N) is 2. The van der Waals surface area contributed by atoms with E-state index >= 15 is 0 Å². The normalized spacial score (nSPS) is 17.5. The maximum Gasteiger partial charge on any atom is 0.409 e. The number of halogens is 4. The molecule has 0 saturated carbocycles. The molecule has 2 aromatic rings. The number of ether oxygens (including phenoxy) is 1. The first-order valence-corrected chi connectivity index (χ1v) is 13.5. The first kappa shape index (κ1) is 27.7. The number of hydrogen-bond acceptors (Lipinski definition) is 4. The number of carbonyl (C=O) groups is 2. The van der Waals surface area contributed by atoms with Crippen molar-refractivity contribution in [1.29, 1.82) is 0 Å². The number of carbonyl (C=O) groups excluding carboxylic acids is 2. The molecule has 2 fully saturated rings. The molecule has 0 aliphatic carbocycles. The first-order chi connectivity index (χ1) is 17.6. The lowest BCUT2D eigenvalue weighted by Gasteiger charge is -2.47. The molecule has 2 saturated heterocycles. The third-order valence-corrected chi connectivity index (χ3v) is 7.90. The summed E-state index contributed by atoms with van der Waals surface area (Å²) in [5.41, 5.74) is -1.12. The molecule has 1 N–H and O–H groups in total. The highest BCUT2D eigenvalue weighted by Gasteiger charge is 2.44. The molecule has 10 heteroatoms. The fraction of sp³-hybridized carbons (Fsp3) is 0.481. The largest absolute Gasteiger partial charge is 0.450 e. The molecule has 2 heterocycles. The molecule has 2 amide bonds. The van der Waals surface area contributed by atoms with Crippen molar-refractivity contribution in [2.75, 3.05) is 32.8 Å². The molecule has 0 bridgehead atoms. The molecular formula is C27H30F3IN2O4. The molecule has 6 nitrogen and oxygen atoms in total. The lowest BCUT2D eigenvalue weighted by Crippen LogP contribution is -2.63. The van der Waals surface area contributed by atoms with Gasteiger partial charge in [-0.05, 0) is 90.9 Å². The molecule has 37 heavy (non-hydrogen) atoms. The minimum Gasteiger partial charge on any atom is -0.450 e. The second-order valence-corrected chi connectivity index (χ2v) is 11.1. The van der Waals surface area contributed by atoms with Crippen molar-refractivity contribution >= 4 is 34.6 Å². The minimum atomic E-state index is -1.17. The summed E-state index contributed by atoms with van der Waals surface area (Å²) in [5.74, 6) is -2.99. The standard InChI is InChI=1S/C27H30F3IN2O4/c1-2-37-26(35)32-11-8-17(9-12-32)7-10-27(36)15-33(16-27)25(34)20-5-6-22(28)24(30)21(20)13-18-3-4-19(31)14-23(18)29/h3-6,14,17,36H,2,7-13,15-16H2,1H3. The van der Waals surface area contributed by atoms with Crippen LogP contribution in [0.25, 0.3) is 0 Å². The average molecular weight is 630 g/mol. The molecule has 2 aliphatic heterocycles. The van der Waals surface area contributed by atoms with Gasteiger partial charge in [0.2, 0.25) is 0 Å². The quantitative estimate of drug-likeness (QED) is 0.431. The highest BCUT2D eigenvalue weighted by molar-refractivity contribution is 14.1. The van der Waals surface area contributed by atoms with Crippen LogP contribution in [0.4, 0.5) is 18.0 Å². The van der Waals surface area contributed by atoms with Crippen LogP contribution in [0.2, 0.25) is 0 Å². The van der Waals surface area contributed by atoms with E-state index in [4.69, 9.17) is 4.74 Å². The van der Waals surface area contributed by atoms with Crippen molar-refractivity contribution in [2.24, 2.45) is 5.92 Å². The fourth-order valence-electron chi connectivity index (χ4n) is 5.05. The van der Waals surface area contributed by atoms with Crippen molar-refractivity contribution in [3.05, 3.63) is 68.0 Å². The highest BCUT2D eigenvalue weighted by atomic mass is 127. The van der Waals surface area contributed by atoms with Gasteiger partial charge < -0.3 is 19.6 Å². The summed E-state index contributed by atoms with van der Waals surface area (Å²) < 4.78 is 48.9. The summed E-state index contributed by atoms with van der Waals surface area (Å²) in [5, 5.41) is 10.9. The monoisotopic (exact) mass is 630 g/mol. The number of amides is 2. The Morgan fingerprint density at radius 1 is 1.08 bits per heavy atom. The van der Waals surface area contributed by atoms with E-state index < -0.39 is 29.0 Å². The zero-order valence-corrected chi connectivity index (χ0v) is 22.8. The summed E-state index contributed by atoms with van der Waals surface area (Å²) in [7, 11) is 0. The molecule has 0 unspecified atom stereocenters. The Bertz CT molecular complexity index is 1160. The predicted molar refractivity (Wildman–Crippen MR) is 140 cm³/mol. The van der Waals surface area contributed by atoms with Crippen LogP contribution in [-0.2, 0) is 11.2 Å². The van der Waals surface area contributed by atoms with E-state index in [9.17, 15) is 27.9 Å². The fourth-order valence-corrected chi connectivity index (χ4v) is 5.50. The van der Waals surface area contributed by atoms with E-state index in [1.54, 1.807) is 17.9 Å². The van der Waals surface area contributed by atoms with Crippen molar-refractivity contribution in [3.63, 3.8) is 0 Å². The average Bonchev–Trinajstić information content (AvgIpc) is 2.85. The molecule has 0 spiro atoms. The van der Waals surface area contributed by atoms with E-state index in [-0.39, 0.29) is 42.3 Å². The van der Waals surface area contributed by atoms with Gasteiger partial charge in [-0.3, -0.25) is 4.79 Å². The van der Waals surface area contributed by atoms with E-state index in [1.807, 2.05) is 22.6 Å². The van der Waals surface area contributed by atoms with Gasteiger partial charge in [0.15, 0.2) is 11.6 Å². The number of benzene rings is 2. The van der Waals surface area contributed by atoms with Gasteiger partial charge in [0.05, 0.1) is 25.3 Å². The Hall–Kier alpha value is -2.34. The number of piperidine rings is 1. The van der Waals surface area contributed by atoms with Crippen molar-refractivity contribution < 1.29 is 32.6 Å². The van der Waals surface area contributed by atoms with Crippen molar-refractivity contribution in [1.82, 2.24) is 9.80 Å². The van der Waals surface area contributed by atoms with Gasteiger partial charge >= 0.3 is 6.09 Å². The van der Waals surface area contributed by atoms with Gasteiger partial charge in [-0.15, -0.1) is 0 Å². The van der Waals surface area contributed by atoms with Gasteiger partial charge in [0.1, 0.15) is 5.82 Å². The summed E-state index contributed by atoms with van der Waals surface area (Å²) in [6, 6.07) is 6.56. The Morgan fingerprint density at radius 2 is 1.78 bits per heavy atom. The van der Waals surface area contributed by atoms with Crippen LogP contribution < -0.4 is 0 Å². The van der Waals surface area contributed by atoms with Gasteiger partial charge in [-0.2, -0.15) is 0 Å². The maximum absolute atomic E-state index is 14.8. The van der Waals surface area contributed by atoms with Gasteiger partial charge in [0, 0.05) is 34.2 Å². The van der Waals surface area contributed by atoms with E-state index in [0.717, 1.165) is 25.3 Å². The summed E-state index contributed by atoms with van der Waals surface area (Å²) >= 11 is 1.95. The number of β-amino-alcohol motifs (C(OH)–C–C–N with tert-alkyl or cyclic N) is 1. The summed E-state index contributed by atoms with van der Waals surface area (Å²) in [4.78, 5) is 28.1. The second-order valence-electron chi connectivity index (χ2n) is 9.85. The zero-order chi connectivity index (χ0) is 26.7. The topological polar surface area (TPSA) is 70.1 Å². The van der Waals surface area contributed by atoms with Crippen molar-refractivity contribution in [3.8, 4) is 0 Å². The second kappa shape index (κ2) is 11.6. The maximum atomic E-state index is 14.8. The Morgan fingerprint density at radius 3 is 2.43 bits per heavy atom. The number of hydrogen-bond donors (Lipinski definition) is 1. The van der Waals surface area contributed by atoms with Gasteiger partial charge in [-0.1, -0.05) is 6.07 Å². The van der Waals surface area contributed by atoms with Crippen LogP contribution in [0.5, 0.6) is 0 Å². The van der Waals surface area contributed by atoms with E-state index in [2.05, 4.69) is 0 Å². The lowest BCUT2D eigenvalue weighted by atomic mass is 9.82. The molecule has 2 aliphatic rings. The molecular weight excluding hydrogens is 600 g/mol. The van der Waals surface area contributed by atoms with E-state index in [0.29, 0.717) is 35.6 Å². The Labute approximate surface area is 227 Å². The predicted octanol–water partition coefficient (Wildman–Crippen LogP) is 5.13. The van der Waals surface area contributed by atoms with Crippen LogP contribution in [-0.4, -0.2) is 65.3 Å². The lowest BCUT2D eigenvalue weighted by molar-refractivity contribution is -0.0895.